The van der Waals surface area contributed by atoms with E-state index in [1.165, 1.54) is 11.1 Å². The number of carbonyl (C=O) groups excluding carboxylic acids is 1. The molecule has 0 heterocycles. The average Bonchev–Trinajstić information content (AvgIpc) is 2.49. The summed E-state index contributed by atoms with van der Waals surface area (Å²) in [5.41, 5.74) is 4.26. The van der Waals surface area contributed by atoms with Crippen LogP contribution in [0.1, 0.15) is 23.6 Å². The predicted molar refractivity (Wildman–Crippen MR) is 89.4 cm³/mol. The largest absolute Gasteiger partial charge is 0.494 e. The summed E-state index contributed by atoms with van der Waals surface area (Å²) < 4.78 is 5.37. The maximum absolute atomic E-state index is 11.9. The predicted octanol–water partition coefficient (Wildman–Crippen LogP) is 4.02. The fraction of sp³-hybridized carbons (Fsp3) is 0.278. The van der Waals surface area contributed by atoms with Gasteiger partial charge < -0.3 is 15.4 Å². The molecule has 0 aliphatic carbocycles. The first-order valence-electron chi connectivity index (χ1n) is 7.42. The van der Waals surface area contributed by atoms with Crippen molar-refractivity contribution >= 4 is 11.7 Å². The highest BCUT2D eigenvalue weighted by Crippen LogP contribution is 2.15. The van der Waals surface area contributed by atoms with Gasteiger partial charge in [-0.1, -0.05) is 23.8 Å². The van der Waals surface area contributed by atoms with E-state index in [2.05, 4.69) is 23.6 Å². The average molecular weight is 298 g/mol. The summed E-state index contributed by atoms with van der Waals surface area (Å²) in [6.45, 7) is 7.18. The Morgan fingerprint density at radius 2 is 1.82 bits per heavy atom. The molecule has 116 valence electrons. The standard InChI is InChI=1S/C18H22N2O2/c1-4-22-17-9-7-16(8-10-17)20-18(21)19-12-15-6-5-13(2)11-14(15)3/h5-11H,4,12H2,1-3H3,(H2,19,20,21). The number of rotatable bonds is 5. The van der Waals surface area contributed by atoms with Crippen LogP contribution in [0.2, 0.25) is 0 Å². The second-order valence-corrected chi connectivity index (χ2v) is 5.20. The number of anilines is 1. The molecule has 2 aromatic rings. The first-order chi connectivity index (χ1) is 10.6. The van der Waals surface area contributed by atoms with Gasteiger partial charge in [0.05, 0.1) is 6.61 Å². The van der Waals surface area contributed by atoms with Gasteiger partial charge in [-0.15, -0.1) is 0 Å². The van der Waals surface area contributed by atoms with Crippen molar-refractivity contribution in [1.82, 2.24) is 5.32 Å². The summed E-state index contributed by atoms with van der Waals surface area (Å²) >= 11 is 0. The lowest BCUT2D eigenvalue weighted by molar-refractivity contribution is 0.251. The summed E-state index contributed by atoms with van der Waals surface area (Å²) in [5, 5.41) is 5.67. The minimum absolute atomic E-state index is 0.218. The monoisotopic (exact) mass is 298 g/mol. The van der Waals surface area contributed by atoms with Crippen LogP contribution in [0.3, 0.4) is 0 Å². The molecule has 0 spiro atoms. The van der Waals surface area contributed by atoms with Crippen molar-refractivity contribution in [2.45, 2.75) is 27.3 Å². The first-order valence-corrected chi connectivity index (χ1v) is 7.42. The lowest BCUT2D eigenvalue weighted by Gasteiger charge is -2.10. The van der Waals surface area contributed by atoms with E-state index in [0.717, 1.165) is 17.0 Å². The number of hydrogen-bond donors (Lipinski definition) is 2. The number of nitrogens with one attached hydrogen (secondary N) is 2. The lowest BCUT2D eigenvalue weighted by Crippen LogP contribution is -2.28. The van der Waals surface area contributed by atoms with Crippen molar-refractivity contribution in [3.63, 3.8) is 0 Å². The fourth-order valence-corrected chi connectivity index (χ4v) is 2.20. The Bertz CT molecular complexity index is 636. The van der Waals surface area contributed by atoms with Crippen molar-refractivity contribution in [3.8, 4) is 5.75 Å². The second-order valence-electron chi connectivity index (χ2n) is 5.20. The molecule has 0 saturated heterocycles. The molecule has 2 amide bonds. The molecule has 4 nitrogen and oxygen atoms in total. The Morgan fingerprint density at radius 1 is 1.09 bits per heavy atom. The van der Waals surface area contributed by atoms with Crippen LogP contribution in [-0.4, -0.2) is 12.6 Å². The van der Waals surface area contributed by atoms with Crippen LogP contribution >= 0.6 is 0 Å². The molecule has 22 heavy (non-hydrogen) atoms. The van der Waals surface area contributed by atoms with Crippen LogP contribution in [-0.2, 0) is 6.54 Å². The van der Waals surface area contributed by atoms with Crippen molar-refractivity contribution in [2.24, 2.45) is 0 Å². The quantitative estimate of drug-likeness (QED) is 0.875. The van der Waals surface area contributed by atoms with Crippen molar-refractivity contribution in [1.29, 1.82) is 0 Å². The molecule has 0 aromatic heterocycles. The van der Waals surface area contributed by atoms with Gasteiger partial charge in [0.25, 0.3) is 0 Å². The van der Waals surface area contributed by atoms with E-state index in [9.17, 15) is 4.79 Å². The summed E-state index contributed by atoms with van der Waals surface area (Å²) in [6, 6.07) is 13.3. The van der Waals surface area contributed by atoms with Gasteiger partial charge in [-0.25, -0.2) is 4.79 Å². The third-order valence-corrected chi connectivity index (χ3v) is 3.36. The van der Waals surface area contributed by atoms with Gasteiger partial charge in [0.15, 0.2) is 0 Å². The molecule has 0 aliphatic heterocycles. The van der Waals surface area contributed by atoms with Crippen LogP contribution < -0.4 is 15.4 Å². The minimum Gasteiger partial charge on any atom is -0.494 e. The van der Waals surface area contributed by atoms with E-state index in [0.29, 0.717) is 13.2 Å². The molecule has 2 N–H and O–H groups in total. The number of urea groups is 1. The maximum Gasteiger partial charge on any atom is 0.319 e. The number of ether oxygens (including phenoxy) is 1. The summed E-state index contributed by atoms with van der Waals surface area (Å²) in [7, 11) is 0. The smallest absolute Gasteiger partial charge is 0.319 e. The summed E-state index contributed by atoms with van der Waals surface area (Å²) in [4.78, 5) is 11.9. The molecule has 0 atom stereocenters. The lowest BCUT2D eigenvalue weighted by atomic mass is 10.1. The number of hydrogen-bond acceptors (Lipinski definition) is 2. The van der Waals surface area contributed by atoms with E-state index in [1.807, 2.05) is 50.2 Å². The molecule has 0 saturated carbocycles. The zero-order valence-corrected chi connectivity index (χ0v) is 13.3. The number of carbonyl (C=O) groups is 1. The highest BCUT2D eigenvalue weighted by Gasteiger charge is 2.04. The van der Waals surface area contributed by atoms with Gasteiger partial charge >= 0.3 is 6.03 Å². The zero-order chi connectivity index (χ0) is 15.9. The number of benzene rings is 2. The molecular weight excluding hydrogens is 276 g/mol. The molecule has 4 heteroatoms. The normalized spacial score (nSPS) is 10.1. The van der Waals surface area contributed by atoms with Crippen LogP contribution in [0.5, 0.6) is 5.75 Å². The Balaban J connectivity index is 1.87. The van der Waals surface area contributed by atoms with Crippen LogP contribution in [0.15, 0.2) is 42.5 Å². The van der Waals surface area contributed by atoms with E-state index in [1.54, 1.807) is 0 Å². The highest BCUT2D eigenvalue weighted by atomic mass is 16.5. The van der Waals surface area contributed by atoms with Gasteiger partial charge in [-0.05, 0) is 56.2 Å². The van der Waals surface area contributed by atoms with E-state index in [-0.39, 0.29) is 6.03 Å². The summed E-state index contributed by atoms with van der Waals surface area (Å²) in [6.07, 6.45) is 0. The third-order valence-electron chi connectivity index (χ3n) is 3.36. The van der Waals surface area contributed by atoms with E-state index >= 15 is 0 Å². The Morgan fingerprint density at radius 3 is 2.45 bits per heavy atom. The Labute approximate surface area is 131 Å². The van der Waals surface area contributed by atoms with Crippen molar-refractivity contribution in [3.05, 3.63) is 59.2 Å². The van der Waals surface area contributed by atoms with Gasteiger partial charge in [0.2, 0.25) is 0 Å². The van der Waals surface area contributed by atoms with Crippen molar-refractivity contribution < 1.29 is 9.53 Å². The SMILES string of the molecule is CCOc1ccc(NC(=O)NCc2ccc(C)cc2C)cc1. The molecule has 0 radical (unpaired) electrons. The molecule has 0 unspecified atom stereocenters. The number of amides is 2. The zero-order valence-electron chi connectivity index (χ0n) is 13.3. The molecular formula is C18H22N2O2. The second kappa shape index (κ2) is 7.50. The van der Waals surface area contributed by atoms with Gasteiger partial charge in [-0.3, -0.25) is 0 Å². The highest BCUT2D eigenvalue weighted by molar-refractivity contribution is 5.89. The molecule has 0 aliphatic rings. The Hall–Kier alpha value is -2.49. The van der Waals surface area contributed by atoms with Crippen LogP contribution in [0.4, 0.5) is 10.5 Å². The van der Waals surface area contributed by atoms with Gasteiger partial charge in [0.1, 0.15) is 5.75 Å². The van der Waals surface area contributed by atoms with E-state index < -0.39 is 0 Å². The van der Waals surface area contributed by atoms with Crippen LogP contribution in [0, 0.1) is 13.8 Å². The maximum atomic E-state index is 11.9. The fourth-order valence-electron chi connectivity index (χ4n) is 2.20. The van der Waals surface area contributed by atoms with Gasteiger partial charge in [0, 0.05) is 12.2 Å². The molecule has 0 fully saturated rings. The van der Waals surface area contributed by atoms with E-state index in [4.69, 9.17) is 4.74 Å². The van der Waals surface area contributed by atoms with Crippen molar-refractivity contribution in [2.75, 3.05) is 11.9 Å². The molecule has 2 rings (SSSR count). The summed E-state index contributed by atoms with van der Waals surface area (Å²) in [5.74, 6) is 0.795. The first kappa shape index (κ1) is 15.9. The minimum atomic E-state index is -0.218. The Kier molecular flexibility index (Phi) is 5.42. The van der Waals surface area contributed by atoms with Crippen LogP contribution in [0.25, 0.3) is 0 Å². The molecule has 2 aromatic carbocycles. The topological polar surface area (TPSA) is 50.4 Å². The molecule has 0 bridgehead atoms. The number of aryl methyl sites for hydroxylation is 2. The third kappa shape index (κ3) is 4.52. The van der Waals surface area contributed by atoms with Gasteiger partial charge in [-0.2, -0.15) is 0 Å².